The maximum atomic E-state index is 12.3. The Morgan fingerprint density at radius 2 is 1.77 bits per heavy atom. The van der Waals surface area contributed by atoms with E-state index in [1.807, 2.05) is 56.3 Å². The second kappa shape index (κ2) is 7.36. The Labute approximate surface area is 135 Å². The molecule has 1 aromatic carbocycles. The van der Waals surface area contributed by atoms with E-state index in [-0.39, 0.29) is 30.6 Å². The van der Waals surface area contributed by atoms with Gasteiger partial charge in [-0.05, 0) is 31.5 Å². The molecule has 0 radical (unpaired) electrons. The number of hydrogen-bond acceptors (Lipinski definition) is 3. The van der Waals surface area contributed by atoms with Crippen molar-refractivity contribution in [3.63, 3.8) is 0 Å². The fourth-order valence-corrected chi connectivity index (χ4v) is 3.11. The summed E-state index contributed by atoms with van der Waals surface area (Å²) in [5, 5.41) is 0. The molecule has 1 atom stereocenters. The lowest BCUT2D eigenvalue weighted by Crippen LogP contribution is -2.29. The molecule has 116 valence electrons. The van der Waals surface area contributed by atoms with Gasteiger partial charge in [-0.3, -0.25) is 9.59 Å². The molecule has 3 nitrogen and oxygen atoms in total. The number of ketones is 1. The topological polar surface area (TPSA) is 37.4 Å². The van der Waals surface area contributed by atoms with E-state index in [9.17, 15) is 9.59 Å². The summed E-state index contributed by atoms with van der Waals surface area (Å²) in [6.45, 7) is 3.97. The van der Waals surface area contributed by atoms with Gasteiger partial charge in [0.2, 0.25) is 5.91 Å². The van der Waals surface area contributed by atoms with Gasteiger partial charge >= 0.3 is 0 Å². The molecule has 1 heterocycles. The van der Waals surface area contributed by atoms with Crippen molar-refractivity contribution in [1.29, 1.82) is 0 Å². The van der Waals surface area contributed by atoms with E-state index in [1.54, 1.807) is 11.9 Å². The molecular formula is C18H21NO2S. The third-order valence-electron chi connectivity index (χ3n) is 3.84. The molecule has 22 heavy (non-hydrogen) atoms. The van der Waals surface area contributed by atoms with E-state index in [0.717, 1.165) is 15.3 Å². The minimum atomic E-state index is -0.00187. The van der Waals surface area contributed by atoms with Crippen LogP contribution in [0.25, 0.3) is 0 Å². The number of aryl methyl sites for hydroxylation is 1. The quantitative estimate of drug-likeness (QED) is 0.748. The molecule has 1 amide bonds. The molecule has 2 rings (SSSR count). The molecule has 4 heteroatoms. The first-order chi connectivity index (χ1) is 10.5. The molecule has 0 spiro atoms. The van der Waals surface area contributed by atoms with Crippen molar-refractivity contribution in [3.8, 4) is 0 Å². The van der Waals surface area contributed by atoms with Crippen molar-refractivity contribution < 1.29 is 9.59 Å². The van der Waals surface area contributed by atoms with Gasteiger partial charge in [0.15, 0.2) is 5.78 Å². The summed E-state index contributed by atoms with van der Waals surface area (Å²) in [7, 11) is 1.79. The van der Waals surface area contributed by atoms with Gasteiger partial charge in [0.1, 0.15) is 0 Å². The normalized spacial score (nSPS) is 12.0. The molecule has 1 unspecified atom stereocenters. The van der Waals surface area contributed by atoms with Crippen molar-refractivity contribution in [2.75, 3.05) is 7.05 Å². The molecule has 0 aliphatic rings. The molecular weight excluding hydrogens is 294 g/mol. The van der Waals surface area contributed by atoms with Gasteiger partial charge in [0, 0.05) is 24.8 Å². The summed E-state index contributed by atoms with van der Waals surface area (Å²) in [6, 6.07) is 13.7. The van der Waals surface area contributed by atoms with Gasteiger partial charge in [-0.1, -0.05) is 30.3 Å². The van der Waals surface area contributed by atoms with Crippen molar-refractivity contribution >= 4 is 23.0 Å². The van der Waals surface area contributed by atoms with Gasteiger partial charge in [-0.2, -0.15) is 0 Å². The maximum absolute atomic E-state index is 12.3. The standard InChI is InChI=1S/C18H21NO2S/c1-13-9-11-17(22-13)16(20)10-12-18(21)19(3)14(2)15-7-5-4-6-8-15/h4-9,11,14H,10,12H2,1-3H3. The number of rotatable bonds is 6. The predicted molar refractivity (Wildman–Crippen MR) is 90.2 cm³/mol. The highest BCUT2D eigenvalue weighted by molar-refractivity contribution is 7.14. The van der Waals surface area contributed by atoms with E-state index in [4.69, 9.17) is 0 Å². The highest BCUT2D eigenvalue weighted by Crippen LogP contribution is 2.21. The third kappa shape index (κ3) is 4.04. The molecule has 0 saturated heterocycles. The zero-order chi connectivity index (χ0) is 16.1. The van der Waals surface area contributed by atoms with E-state index in [0.29, 0.717) is 0 Å². The highest BCUT2D eigenvalue weighted by atomic mass is 32.1. The number of hydrogen-bond donors (Lipinski definition) is 0. The van der Waals surface area contributed by atoms with E-state index < -0.39 is 0 Å². The highest BCUT2D eigenvalue weighted by Gasteiger charge is 2.18. The van der Waals surface area contributed by atoms with Crippen LogP contribution in [0.15, 0.2) is 42.5 Å². The van der Waals surface area contributed by atoms with Crippen LogP contribution in [0.3, 0.4) is 0 Å². The van der Waals surface area contributed by atoms with E-state index in [1.165, 1.54) is 11.3 Å². The Morgan fingerprint density at radius 1 is 1.09 bits per heavy atom. The lowest BCUT2D eigenvalue weighted by Gasteiger charge is -2.25. The first kappa shape index (κ1) is 16.4. The molecule has 0 aliphatic heterocycles. The number of nitrogens with zero attached hydrogens (tertiary/aromatic N) is 1. The van der Waals surface area contributed by atoms with Crippen LogP contribution < -0.4 is 0 Å². The van der Waals surface area contributed by atoms with Crippen molar-refractivity contribution in [1.82, 2.24) is 4.90 Å². The number of carbonyl (C=O) groups is 2. The lowest BCUT2D eigenvalue weighted by molar-refractivity contribution is -0.131. The average Bonchev–Trinajstić information content (AvgIpc) is 2.98. The summed E-state index contributed by atoms with van der Waals surface area (Å²) in [4.78, 5) is 27.9. The van der Waals surface area contributed by atoms with E-state index in [2.05, 4.69) is 0 Å². The second-order valence-electron chi connectivity index (χ2n) is 5.42. The fraction of sp³-hybridized carbons (Fsp3) is 0.333. The maximum Gasteiger partial charge on any atom is 0.223 e. The minimum Gasteiger partial charge on any atom is -0.339 e. The third-order valence-corrected chi connectivity index (χ3v) is 4.88. The molecule has 0 fully saturated rings. The van der Waals surface area contributed by atoms with E-state index >= 15 is 0 Å². The van der Waals surface area contributed by atoms with Crippen molar-refractivity contribution in [2.45, 2.75) is 32.7 Å². The van der Waals surface area contributed by atoms with Crippen LogP contribution in [0.4, 0.5) is 0 Å². The van der Waals surface area contributed by atoms with Crippen LogP contribution in [0.2, 0.25) is 0 Å². The summed E-state index contributed by atoms with van der Waals surface area (Å²) in [6.07, 6.45) is 0.522. The van der Waals surface area contributed by atoms with Gasteiger partial charge < -0.3 is 4.90 Å². The Morgan fingerprint density at radius 3 is 2.36 bits per heavy atom. The van der Waals surface area contributed by atoms with Gasteiger partial charge in [-0.25, -0.2) is 0 Å². The van der Waals surface area contributed by atoms with Crippen molar-refractivity contribution in [3.05, 3.63) is 57.8 Å². The molecule has 2 aromatic rings. The molecule has 0 saturated carbocycles. The van der Waals surface area contributed by atoms with Crippen LogP contribution in [0.1, 0.15) is 45.9 Å². The first-order valence-electron chi connectivity index (χ1n) is 7.39. The fourth-order valence-electron chi connectivity index (χ4n) is 2.28. The number of amides is 1. The van der Waals surface area contributed by atoms with Crippen LogP contribution in [0, 0.1) is 6.92 Å². The summed E-state index contributed by atoms with van der Waals surface area (Å²) < 4.78 is 0. The first-order valence-corrected chi connectivity index (χ1v) is 8.21. The van der Waals surface area contributed by atoms with Gasteiger partial charge in [-0.15, -0.1) is 11.3 Å². The molecule has 0 aliphatic carbocycles. The second-order valence-corrected chi connectivity index (χ2v) is 6.71. The molecule has 1 aromatic heterocycles. The smallest absolute Gasteiger partial charge is 0.223 e. The average molecular weight is 315 g/mol. The largest absolute Gasteiger partial charge is 0.339 e. The lowest BCUT2D eigenvalue weighted by atomic mass is 10.1. The Kier molecular flexibility index (Phi) is 5.50. The summed E-state index contributed by atoms with van der Waals surface area (Å²) in [5.41, 5.74) is 1.10. The van der Waals surface area contributed by atoms with Gasteiger partial charge in [0.05, 0.1) is 10.9 Å². The van der Waals surface area contributed by atoms with Crippen LogP contribution in [-0.2, 0) is 4.79 Å². The van der Waals surface area contributed by atoms with Gasteiger partial charge in [0.25, 0.3) is 0 Å². The van der Waals surface area contributed by atoms with Crippen LogP contribution in [-0.4, -0.2) is 23.6 Å². The summed E-state index contributed by atoms with van der Waals surface area (Å²) in [5.74, 6) is 0.0465. The SMILES string of the molecule is Cc1ccc(C(=O)CCC(=O)N(C)C(C)c2ccccc2)s1. The zero-order valence-electron chi connectivity index (χ0n) is 13.2. The number of benzene rings is 1. The predicted octanol–water partition coefficient (Wildman–Crippen LogP) is 4.24. The Balaban J connectivity index is 1.90. The monoisotopic (exact) mass is 315 g/mol. The molecule has 0 N–H and O–H groups in total. The summed E-state index contributed by atoms with van der Waals surface area (Å²) >= 11 is 1.48. The van der Waals surface area contributed by atoms with Crippen molar-refractivity contribution in [2.24, 2.45) is 0 Å². The minimum absolute atomic E-state index is 0.00187. The molecule has 0 bridgehead atoms. The number of thiophene rings is 1. The Bertz CT molecular complexity index is 648. The Hall–Kier alpha value is -1.94. The van der Waals surface area contributed by atoms with Crippen LogP contribution in [0.5, 0.6) is 0 Å². The number of Topliss-reactive ketones (excluding diaryl/α,β-unsaturated/α-hetero) is 1. The number of carbonyl (C=O) groups excluding carboxylic acids is 2. The zero-order valence-corrected chi connectivity index (χ0v) is 14.0. The van der Waals surface area contributed by atoms with Crippen LogP contribution >= 0.6 is 11.3 Å².